The van der Waals surface area contributed by atoms with Gasteiger partial charge >= 0.3 is 6.18 Å². The Labute approximate surface area is 169 Å². The molecule has 0 saturated carbocycles. The number of benzene rings is 1. The topological polar surface area (TPSA) is 72.2 Å². The van der Waals surface area contributed by atoms with Crippen molar-refractivity contribution in [3.63, 3.8) is 0 Å². The Morgan fingerprint density at radius 3 is 2.60 bits per heavy atom. The van der Waals surface area contributed by atoms with Gasteiger partial charge in [0.15, 0.2) is 11.4 Å². The molecule has 30 heavy (non-hydrogen) atoms. The summed E-state index contributed by atoms with van der Waals surface area (Å²) in [5, 5.41) is 3.20. The zero-order chi connectivity index (χ0) is 21.3. The number of ketones is 1. The summed E-state index contributed by atoms with van der Waals surface area (Å²) in [6.45, 7) is 1.34. The molecule has 4 aromatic rings. The molecule has 0 atom stereocenters. The van der Waals surface area contributed by atoms with Crippen molar-refractivity contribution in [2.45, 2.75) is 19.5 Å². The second-order valence-electron chi connectivity index (χ2n) is 6.74. The Kier molecular flexibility index (Phi) is 4.94. The van der Waals surface area contributed by atoms with Crippen molar-refractivity contribution in [1.82, 2.24) is 19.4 Å². The van der Waals surface area contributed by atoms with Crippen LogP contribution in [-0.4, -0.2) is 25.1 Å². The van der Waals surface area contributed by atoms with E-state index in [1.54, 1.807) is 49.1 Å². The number of nitrogens with one attached hydrogen (secondary N) is 1. The van der Waals surface area contributed by atoms with Crippen LogP contribution in [0.3, 0.4) is 0 Å². The second-order valence-corrected chi connectivity index (χ2v) is 6.74. The lowest BCUT2D eigenvalue weighted by atomic mass is 10.0. The van der Waals surface area contributed by atoms with E-state index in [0.717, 1.165) is 23.8 Å². The van der Waals surface area contributed by atoms with Crippen LogP contribution in [0.1, 0.15) is 27.2 Å². The maximum absolute atomic E-state index is 13.1. The molecule has 0 aliphatic carbocycles. The predicted molar refractivity (Wildman–Crippen MR) is 105 cm³/mol. The van der Waals surface area contributed by atoms with Crippen molar-refractivity contribution < 1.29 is 18.0 Å². The van der Waals surface area contributed by atoms with Gasteiger partial charge in [-0.3, -0.25) is 19.2 Å². The summed E-state index contributed by atoms with van der Waals surface area (Å²) >= 11 is 0. The van der Waals surface area contributed by atoms with E-state index in [2.05, 4.69) is 20.3 Å². The molecular weight excluding hydrogens is 395 g/mol. The fourth-order valence-electron chi connectivity index (χ4n) is 3.06. The number of carbonyl (C=O) groups is 1. The first-order valence-corrected chi connectivity index (χ1v) is 9.01. The highest BCUT2D eigenvalue weighted by molar-refractivity contribution is 5.97. The standard InChI is InChI=1S/C21H16F3N5O/c1-13-10-26-16(8-17(13)21(22,23)24)9-18(30)14-2-4-15(5-3-14)28-20-12-27-19-11-25-6-7-29(19)20/h2-8,10-12,28H,9H2,1H3. The third-order valence-electron chi connectivity index (χ3n) is 4.60. The predicted octanol–water partition coefficient (Wildman–Crippen LogP) is 4.62. The van der Waals surface area contributed by atoms with Gasteiger partial charge in [0, 0.05) is 35.5 Å². The molecule has 0 aliphatic rings. The lowest BCUT2D eigenvalue weighted by molar-refractivity contribution is -0.138. The minimum absolute atomic E-state index is 0.0253. The Bertz CT molecular complexity index is 1220. The largest absolute Gasteiger partial charge is 0.416 e. The zero-order valence-electron chi connectivity index (χ0n) is 15.8. The molecular formula is C21H16F3N5O. The van der Waals surface area contributed by atoms with Crippen molar-refractivity contribution in [1.29, 1.82) is 0 Å². The summed E-state index contributed by atoms with van der Waals surface area (Å²) in [4.78, 5) is 24.7. The number of rotatable bonds is 5. The van der Waals surface area contributed by atoms with Crippen LogP contribution in [0.4, 0.5) is 24.7 Å². The number of aromatic nitrogens is 4. The molecule has 0 fully saturated rings. The first-order valence-electron chi connectivity index (χ1n) is 9.01. The lowest BCUT2D eigenvalue weighted by Gasteiger charge is -2.11. The van der Waals surface area contributed by atoms with E-state index in [1.807, 2.05) is 4.40 Å². The molecule has 0 amide bonds. The Hall–Kier alpha value is -3.75. The summed E-state index contributed by atoms with van der Waals surface area (Å²) in [6.07, 6.45) is 3.16. The highest BCUT2D eigenvalue weighted by Gasteiger charge is 2.32. The number of Topliss-reactive ketones (excluding diaryl/α,β-unsaturated/α-hetero) is 1. The Morgan fingerprint density at radius 1 is 1.10 bits per heavy atom. The molecule has 0 radical (unpaired) electrons. The molecule has 3 heterocycles. The SMILES string of the molecule is Cc1cnc(CC(=O)c2ccc(Nc3cnc4cnccn34)cc2)cc1C(F)(F)F. The van der Waals surface area contributed by atoms with E-state index < -0.39 is 11.7 Å². The van der Waals surface area contributed by atoms with E-state index in [4.69, 9.17) is 0 Å². The molecule has 0 aliphatic heterocycles. The van der Waals surface area contributed by atoms with E-state index in [9.17, 15) is 18.0 Å². The van der Waals surface area contributed by atoms with Gasteiger partial charge in [-0.2, -0.15) is 13.2 Å². The van der Waals surface area contributed by atoms with E-state index in [-0.39, 0.29) is 23.5 Å². The van der Waals surface area contributed by atoms with E-state index in [0.29, 0.717) is 11.2 Å². The van der Waals surface area contributed by atoms with Gasteiger partial charge in [-0.1, -0.05) is 0 Å². The molecule has 152 valence electrons. The van der Waals surface area contributed by atoms with Gasteiger partial charge in [0.2, 0.25) is 0 Å². The quantitative estimate of drug-likeness (QED) is 0.485. The average molecular weight is 411 g/mol. The van der Waals surface area contributed by atoms with Crippen LogP contribution in [0, 0.1) is 6.92 Å². The van der Waals surface area contributed by atoms with E-state index in [1.165, 1.54) is 6.92 Å². The van der Waals surface area contributed by atoms with Gasteiger partial charge in [-0.15, -0.1) is 0 Å². The number of hydrogen-bond acceptors (Lipinski definition) is 5. The number of nitrogens with zero attached hydrogens (tertiary/aromatic N) is 4. The van der Waals surface area contributed by atoms with Crippen LogP contribution >= 0.6 is 0 Å². The number of fused-ring (bicyclic) bond motifs is 1. The molecule has 0 unspecified atom stereocenters. The number of hydrogen-bond donors (Lipinski definition) is 1. The highest BCUT2D eigenvalue weighted by atomic mass is 19.4. The molecule has 0 saturated heterocycles. The molecule has 9 heteroatoms. The monoisotopic (exact) mass is 411 g/mol. The maximum atomic E-state index is 13.1. The van der Waals surface area contributed by atoms with Crippen LogP contribution in [0.5, 0.6) is 0 Å². The molecule has 0 spiro atoms. The van der Waals surface area contributed by atoms with E-state index >= 15 is 0 Å². The van der Waals surface area contributed by atoms with Gasteiger partial charge in [0.25, 0.3) is 0 Å². The summed E-state index contributed by atoms with van der Waals surface area (Å²) in [5.41, 5.74) is 1.15. The first-order chi connectivity index (χ1) is 14.3. The van der Waals surface area contributed by atoms with Crippen molar-refractivity contribution in [2.75, 3.05) is 5.32 Å². The fraction of sp³-hybridized carbons (Fsp3) is 0.143. The van der Waals surface area contributed by atoms with Crippen LogP contribution in [0.25, 0.3) is 5.65 Å². The Balaban J connectivity index is 1.48. The third-order valence-corrected chi connectivity index (χ3v) is 4.60. The average Bonchev–Trinajstić information content (AvgIpc) is 3.12. The van der Waals surface area contributed by atoms with Gasteiger partial charge < -0.3 is 5.32 Å². The minimum atomic E-state index is -4.48. The van der Waals surface area contributed by atoms with Gasteiger partial charge in [-0.05, 0) is 42.8 Å². The number of halogens is 3. The molecule has 1 N–H and O–H groups in total. The number of carbonyl (C=O) groups excluding carboxylic acids is 1. The van der Waals surface area contributed by atoms with Crippen LogP contribution in [0.2, 0.25) is 0 Å². The number of anilines is 2. The van der Waals surface area contributed by atoms with Crippen LogP contribution in [0.15, 0.2) is 61.3 Å². The summed E-state index contributed by atoms with van der Waals surface area (Å²) in [6, 6.07) is 7.61. The van der Waals surface area contributed by atoms with Gasteiger partial charge in [-0.25, -0.2) is 4.98 Å². The molecule has 3 aromatic heterocycles. The Morgan fingerprint density at radius 2 is 1.87 bits per heavy atom. The van der Waals surface area contributed by atoms with Crippen molar-refractivity contribution in [2.24, 2.45) is 0 Å². The second kappa shape index (κ2) is 7.58. The third kappa shape index (κ3) is 4.00. The number of aryl methyl sites for hydroxylation is 1. The highest BCUT2D eigenvalue weighted by Crippen LogP contribution is 2.32. The van der Waals surface area contributed by atoms with Gasteiger partial charge in [0.1, 0.15) is 5.82 Å². The zero-order valence-corrected chi connectivity index (χ0v) is 15.8. The number of alkyl halides is 3. The normalized spacial score (nSPS) is 11.6. The minimum Gasteiger partial charge on any atom is -0.340 e. The number of pyridine rings is 1. The lowest BCUT2D eigenvalue weighted by Crippen LogP contribution is -2.11. The van der Waals surface area contributed by atoms with Crippen molar-refractivity contribution in [3.8, 4) is 0 Å². The summed E-state index contributed by atoms with van der Waals surface area (Å²) < 4.78 is 41.0. The van der Waals surface area contributed by atoms with Crippen LogP contribution < -0.4 is 5.32 Å². The summed E-state index contributed by atoms with van der Waals surface area (Å²) in [5.74, 6) is 0.418. The smallest absolute Gasteiger partial charge is 0.340 e. The maximum Gasteiger partial charge on any atom is 0.416 e. The molecule has 6 nitrogen and oxygen atoms in total. The first kappa shape index (κ1) is 19.6. The summed E-state index contributed by atoms with van der Waals surface area (Å²) in [7, 11) is 0. The fourth-order valence-corrected chi connectivity index (χ4v) is 3.06. The number of imidazole rings is 1. The van der Waals surface area contributed by atoms with Crippen molar-refractivity contribution >= 4 is 22.9 Å². The van der Waals surface area contributed by atoms with Gasteiger partial charge in [0.05, 0.1) is 24.4 Å². The molecule has 1 aromatic carbocycles. The molecule has 0 bridgehead atoms. The molecule has 4 rings (SSSR count). The van der Waals surface area contributed by atoms with Crippen molar-refractivity contribution in [3.05, 3.63) is 83.7 Å². The van der Waals surface area contributed by atoms with Crippen LogP contribution in [-0.2, 0) is 12.6 Å².